The van der Waals surface area contributed by atoms with Gasteiger partial charge in [-0.05, 0) is 68.2 Å². The van der Waals surface area contributed by atoms with E-state index in [0.717, 1.165) is 34.3 Å². The van der Waals surface area contributed by atoms with Gasteiger partial charge in [0.25, 0.3) is 0 Å². The first-order chi connectivity index (χ1) is 10.2. The summed E-state index contributed by atoms with van der Waals surface area (Å²) in [5.41, 5.74) is 1.27. The Morgan fingerprint density at radius 1 is 0.952 bits per heavy atom. The summed E-state index contributed by atoms with van der Waals surface area (Å²) in [5, 5.41) is 5.31. The third-order valence-corrected chi connectivity index (χ3v) is 5.65. The van der Waals surface area contributed by atoms with Crippen molar-refractivity contribution in [1.82, 2.24) is 5.32 Å². The fourth-order valence-electron chi connectivity index (χ4n) is 3.57. The molecule has 1 N–H and O–H groups in total. The van der Waals surface area contributed by atoms with Gasteiger partial charge < -0.3 is 5.32 Å². The molecule has 2 aliphatic rings. The molecule has 0 saturated heterocycles. The third-order valence-electron chi connectivity index (χ3n) is 5.06. The van der Waals surface area contributed by atoms with Crippen molar-refractivity contribution >= 4 is 23.2 Å². The smallest absolute Gasteiger partial charge is 0.0452 e. The van der Waals surface area contributed by atoms with Crippen molar-refractivity contribution in [1.29, 1.82) is 0 Å². The number of hydrogen-bond acceptors (Lipinski definition) is 1. The standard InChI is InChI=1S/C18H25Cl2N/c19-16-7-6-14(18(20)11-16)10-13-4-2-1-3-5-15(13)12-21-17-8-9-17/h6-7,11,13,15,17,21H,1-5,8-10,12H2. The number of nitrogens with one attached hydrogen (secondary N) is 1. The van der Waals surface area contributed by atoms with Crippen molar-refractivity contribution in [3.05, 3.63) is 33.8 Å². The highest BCUT2D eigenvalue weighted by molar-refractivity contribution is 6.35. The first-order valence-electron chi connectivity index (χ1n) is 8.39. The van der Waals surface area contributed by atoms with Crippen molar-refractivity contribution in [3.8, 4) is 0 Å². The Hall–Kier alpha value is -0.240. The molecule has 2 unspecified atom stereocenters. The van der Waals surface area contributed by atoms with Crippen LogP contribution in [0.3, 0.4) is 0 Å². The molecule has 2 fully saturated rings. The van der Waals surface area contributed by atoms with Crippen LogP contribution in [0.1, 0.15) is 50.5 Å². The number of halogens is 2. The topological polar surface area (TPSA) is 12.0 Å². The molecule has 0 spiro atoms. The van der Waals surface area contributed by atoms with Crippen molar-refractivity contribution < 1.29 is 0 Å². The van der Waals surface area contributed by atoms with Gasteiger partial charge in [0.2, 0.25) is 0 Å². The molecular formula is C18H25Cl2N. The molecule has 0 bridgehead atoms. The van der Waals surface area contributed by atoms with E-state index in [1.54, 1.807) is 0 Å². The third kappa shape index (κ3) is 4.61. The maximum Gasteiger partial charge on any atom is 0.0452 e. The molecule has 2 saturated carbocycles. The summed E-state index contributed by atoms with van der Waals surface area (Å²) in [6.07, 6.45) is 10.7. The SMILES string of the molecule is Clc1ccc(CC2CCCCCC2CNC2CC2)c(Cl)c1. The summed E-state index contributed by atoms with van der Waals surface area (Å²) < 4.78 is 0. The Balaban J connectivity index is 1.65. The zero-order valence-corrected chi connectivity index (χ0v) is 14.1. The minimum atomic E-state index is 0.733. The lowest BCUT2D eigenvalue weighted by Crippen LogP contribution is -2.30. The highest BCUT2D eigenvalue weighted by Gasteiger charge is 2.27. The van der Waals surface area contributed by atoms with E-state index < -0.39 is 0 Å². The van der Waals surface area contributed by atoms with Gasteiger partial charge in [0, 0.05) is 16.1 Å². The fourth-order valence-corrected chi connectivity index (χ4v) is 4.06. The van der Waals surface area contributed by atoms with E-state index in [1.165, 1.54) is 57.1 Å². The molecule has 3 rings (SSSR count). The maximum absolute atomic E-state index is 6.37. The molecule has 1 aromatic rings. The van der Waals surface area contributed by atoms with Crippen LogP contribution in [0.15, 0.2) is 18.2 Å². The molecular weight excluding hydrogens is 301 g/mol. The summed E-state index contributed by atoms with van der Waals surface area (Å²) >= 11 is 12.4. The number of rotatable bonds is 5. The molecule has 0 aromatic heterocycles. The fraction of sp³-hybridized carbons (Fsp3) is 0.667. The predicted octanol–water partition coefficient (Wildman–Crippen LogP) is 5.48. The Labute approximate surface area is 138 Å². The van der Waals surface area contributed by atoms with Crippen molar-refractivity contribution in [2.75, 3.05) is 6.54 Å². The van der Waals surface area contributed by atoms with Crippen LogP contribution in [0, 0.1) is 11.8 Å². The second-order valence-corrected chi connectivity index (χ2v) is 7.62. The predicted molar refractivity (Wildman–Crippen MR) is 91.3 cm³/mol. The van der Waals surface area contributed by atoms with Crippen molar-refractivity contribution in [2.45, 2.75) is 57.4 Å². The van der Waals surface area contributed by atoms with E-state index in [0.29, 0.717) is 0 Å². The molecule has 0 radical (unpaired) electrons. The van der Waals surface area contributed by atoms with Gasteiger partial charge in [-0.25, -0.2) is 0 Å². The van der Waals surface area contributed by atoms with Crippen LogP contribution >= 0.6 is 23.2 Å². The molecule has 0 amide bonds. The average molecular weight is 326 g/mol. The van der Waals surface area contributed by atoms with Gasteiger partial charge in [0.1, 0.15) is 0 Å². The van der Waals surface area contributed by atoms with Crippen molar-refractivity contribution in [2.24, 2.45) is 11.8 Å². The zero-order valence-electron chi connectivity index (χ0n) is 12.6. The second-order valence-electron chi connectivity index (χ2n) is 6.78. The van der Waals surface area contributed by atoms with E-state index in [2.05, 4.69) is 11.4 Å². The van der Waals surface area contributed by atoms with Gasteiger partial charge in [-0.15, -0.1) is 0 Å². The quantitative estimate of drug-likeness (QED) is 0.706. The van der Waals surface area contributed by atoms with Gasteiger partial charge in [0.05, 0.1) is 0 Å². The zero-order chi connectivity index (χ0) is 14.7. The minimum Gasteiger partial charge on any atom is -0.314 e. The normalized spacial score (nSPS) is 26.6. The van der Waals surface area contributed by atoms with Crippen LogP contribution in [0.25, 0.3) is 0 Å². The van der Waals surface area contributed by atoms with Crippen LogP contribution in [-0.2, 0) is 6.42 Å². The van der Waals surface area contributed by atoms with E-state index in [-0.39, 0.29) is 0 Å². The highest BCUT2D eigenvalue weighted by Crippen LogP contribution is 2.34. The molecule has 3 heteroatoms. The van der Waals surface area contributed by atoms with Gasteiger partial charge >= 0.3 is 0 Å². The molecule has 0 aliphatic heterocycles. The summed E-state index contributed by atoms with van der Waals surface area (Å²) in [6, 6.07) is 6.78. The Morgan fingerprint density at radius 3 is 2.43 bits per heavy atom. The molecule has 0 heterocycles. The summed E-state index contributed by atoms with van der Waals surface area (Å²) in [6.45, 7) is 1.19. The van der Waals surface area contributed by atoms with Gasteiger partial charge in [-0.2, -0.15) is 0 Å². The lowest BCUT2D eigenvalue weighted by Gasteiger charge is -2.26. The highest BCUT2D eigenvalue weighted by atomic mass is 35.5. The van der Waals surface area contributed by atoms with Gasteiger partial charge in [-0.1, -0.05) is 48.5 Å². The lowest BCUT2D eigenvalue weighted by atomic mass is 9.83. The molecule has 1 aromatic carbocycles. The Bertz CT molecular complexity index is 470. The maximum atomic E-state index is 6.37. The van der Waals surface area contributed by atoms with Crippen LogP contribution in [-0.4, -0.2) is 12.6 Å². The van der Waals surface area contributed by atoms with Crippen LogP contribution < -0.4 is 5.32 Å². The summed E-state index contributed by atoms with van der Waals surface area (Å²) in [4.78, 5) is 0. The molecule has 116 valence electrons. The monoisotopic (exact) mass is 325 g/mol. The number of benzene rings is 1. The largest absolute Gasteiger partial charge is 0.314 e. The Morgan fingerprint density at radius 2 is 1.71 bits per heavy atom. The van der Waals surface area contributed by atoms with E-state index in [9.17, 15) is 0 Å². The molecule has 2 aliphatic carbocycles. The lowest BCUT2D eigenvalue weighted by molar-refractivity contribution is 0.297. The van der Waals surface area contributed by atoms with E-state index in [4.69, 9.17) is 23.2 Å². The molecule has 21 heavy (non-hydrogen) atoms. The minimum absolute atomic E-state index is 0.733. The van der Waals surface area contributed by atoms with E-state index >= 15 is 0 Å². The molecule has 1 nitrogen and oxygen atoms in total. The summed E-state index contributed by atoms with van der Waals surface area (Å²) in [5.74, 6) is 1.57. The van der Waals surface area contributed by atoms with Gasteiger partial charge in [0.15, 0.2) is 0 Å². The molecule has 2 atom stereocenters. The van der Waals surface area contributed by atoms with Gasteiger partial charge in [-0.3, -0.25) is 0 Å². The van der Waals surface area contributed by atoms with Crippen LogP contribution in [0.2, 0.25) is 10.0 Å². The van der Waals surface area contributed by atoms with Crippen molar-refractivity contribution in [3.63, 3.8) is 0 Å². The Kier molecular flexibility index (Phi) is 5.48. The number of hydrogen-bond donors (Lipinski definition) is 1. The first-order valence-corrected chi connectivity index (χ1v) is 9.15. The second kappa shape index (κ2) is 7.35. The van der Waals surface area contributed by atoms with Crippen LogP contribution in [0.4, 0.5) is 0 Å². The van der Waals surface area contributed by atoms with E-state index in [1.807, 2.05) is 12.1 Å². The van der Waals surface area contributed by atoms with Crippen LogP contribution in [0.5, 0.6) is 0 Å². The summed E-state index contributed by atoms with van der Waals surface area (Å²) in [7, 11) is 0. The first kappa shape index (κ1) is 15.6. The average Bonchev–Trinajstić information content (AvgIpc) is 3.27.